The van der Waals surface area contributed by atoms with Crippen molar-refractivity contribution in [1.82, 2.24) is 4.98 Å². The van der Waals surface area contributed by atoms with E-state index in [4.69, 9.17) is 11.0 Å². The molecule has 0 aliphatic rings. The third-order valence-corrected chi connectivity index (χ3v) is 1.60. The van der Waals surface area contributed by atoms with Gasteiger partial charge in [0.1, 0.15) is 11.6 Å². The van der Waals surface area contributed by atoms with Crippen LogP contribution in [0.5, 0.6) is 0 Å². The van der Waals surface area contributed by atoms with E-state index in [9.17, 15) is 18.9 Å². The zero-order chi connectivity index (χ0) is 11.6. The first-order valence-corrected chi connectivity index (χ1v) is 3.60. The third-order valence-electron chi connectivity index (χ3n) is 1.60. The van der Waals surface area contributed by atoms with Gasteiger partial charge in [-0.3, -0.25) is 0 Å². The maximum absolute atomic E-state index is 12.4. The molecular weight excluding hydrogens is 210 g/mol. The minimum Gasteiger partial charge on any atom is -0.362 e. The Balaban J connectivity index is 3.47. The summed E-state index contributed by atoms with van der Waals surface area (Å²) >= 11 is 0. The summed E-state index contributed by atoms with van der Waals surface area (Å²) in [4.78, 5) is 12.5. The van der Waals surface area contributed by atoms with Gasteiger partial charge in [0.05, 0.1) is 5.56 Å². The molecule has 0 unspecified atom stereocenters. The van der Waals surface area contributed by atoms with Gasteiger partial charge >= 0.3 is 5.82 Å². The summed E-state index contributed by atoms with van der Waals surface area (Å²) in [5.41, 5.74) is 3.82. The van der Waals surface area contributed by atoms with Crippen LogP contribution in [-0.4, -0.2) is 9.91 Å². The van der Waals surface area contributed by atoms with Crippen molar-refractivity contribution >= 4 is 11.6 Å². The van der Waals surface area contributed by atoms with Crippen molar-refractivity contribution in [2.45, 2.75) is 6.43 Å². The molecule has 8 heteroatoms. The minimum atomic E-state index is -3.01. The highest BCUT2D eigenvalue weighted by Crippen LogP contribution is 2.28. The number of hydrogen-bond donors (Lipinski definition) is 1. The lowest BCUT2D eigenvalue weighted by atomic mass is 10.1. The van der Waals surface area contributed by atoms with E-state index in [0.29, 0.717) is 6.07 Å². The number of nitro groups is 1. The SMILES string of the molecule is N#Cc1c(C(F)F)cc([N+](=O)[O-])nc1N. The molecule has 1 rings (SSSR count). The maximum Gasteiger partial charge on any atom is 0.366 e. The zero-order valence-corrected chi connectivity index (χ0v) is 7.15. The first kappa shape index (κ1) is 10.8. The van der Waals surface area contributed by atoms with Crippen LogP contribution in [0.3, 0.4) is 0 Å². The molecular formula is C7H4F2N4O2. The molecule has 2 N–H and O–H groups in total. The second-order valence-corrected chi connectivity index (χ2v) is 2.50. The average Bonchev–Trinajstić information content (AvgIpc) is 2.16. The van der Waals surface area contributed by atoms with Gasteiger partial charge in [-0.2, -0.15) is 5.26 Å². The number of aromatic nitrogens is 1. The Bertz CT molecular complexity index is 455. The Morgan fingerprint density at radius 2 is 2.27 bits per heavy atom. The molecule has 0 spiro atoms. The molecule has 0 atom stereocenters. The molecule has 1 aromatic rings. The fourth-order valence-electron chi connectivity index (χ4n) is 0.958. The number of nitrogen functional groups attached to an aromatic ring is 1. The normalized spacial score (nSPS) is 10.0. The number of halogens is 2. The lowest BCUT2D eigenvalue weighted by Gasteiger charge is -2.02. The summed E-state index contributed by atoms with van der Waals surface area (Å²) < 4.78 is 24.8. The molecule has 0 aromatic carbocycles. The molecule has 1 aromatic heterocycles. The van der Waals surface area contributed by atoms with Gasteiger partial charge in [0.25, 0.3) is 12.2 Å². The molecule has 78 valence electrons. The number of pyridine rings is 1. The molecule has 0 radical (unpaired) electrons. The molecule has 0 amide bonds. The highest BCUT2D eigenvalue weighted by molar-refractivity contribution is 5.56. The second kappa shape index (κ2) is 3.83. The second-order valence-electron chi connectivity index (χ2n) is 2.50. The highest BCUT2D eigenvalue weighted by atomic mass is 19.3. The fraction of sp³-hybridized carbons (Fsp3) is 0.143. The Morgan fingerprint density at radius 3 is 2.67 bits per heavy atom. The van der Waals surface area contributed by atoms with Crippen LogP contribution >= 0.6 is 0 Å². The van der Waals surface area contributed by atoms with Crippen LogP contribution in [0.15, 0.2) is 6.07 Å². The van der Waals surface area contributed by atoms with E-state index in [-0.39, 0.29) is 0 Å². The lowest BCUT2D eigenvalue weighted by molar-refractivity contribution is -0.389. The van der Waals surface area contributed by atoms with Crippen LogP contribution in [0.25, 0.3) is 0 Å². The van der Waals surface area contributed by atoms with Gasteiger partial charge < -0.3 is 15.8 Å². The number of anilines is 1. The van der Waals surface area contributed by atoms with Crippen molar-refractivity contribution in [3.63, 3.8) is 0 Å². The highest BCUT2D eigenvalue weighted by Gasteiger charge is 2.23. The molecule has 0 fully saturated rings. The monoisotopic (exact) mass is 214 g/mol. The van der Waals surface area contributed by atoms with Crippen LogP contribution in [0, 0.1) is 21.4 Å². The number of rotatable bonds is 2. The van der Waals surface area contributed by atoms with Gasteiger partial charge in [-0.1, -0.05) is 0 Å². The Labute approximate surface area is 82.1 Å². The van der Waals surface area contributed by atoms with E-state index in [1.165, 1.54) is 6.07 Å². The number of nitrogens with two attached hydrogens (primary N) is 1. The standard InChI is InChI=1S/C7H4F2N4O2/c8-6(9)3-1-5(13(14)15)12-7(11)4(3)2-10/h1,6H,(H2,11,12). The molecule has 0 aliphatic heterocycles. The summed E-state index contributed by atoms with van der Waals surface area (Å²) in [7, 11) is 0. The summed E-state index contributed by atoms with van der Waals surface area (Å²) in [6.07, 6.45) is -3.01. The molecule has 0 saturated heterocycles. The molecule has 0 aliphatic carbocycles. The van der Waals surface area contributed by atoms with E-state index in [0.717, 1.165) is 0 Å². The number of hydrogen-bond acceptors (Lipinski definition) is 5. The lowest BCUT2D eigenvalue weighted by Crippen LogP contribution is -2.04. The van der Waals surface area contributed by atoms with Crippen LogP contribution < -0.4 is 5.73 Å². The number of nitriles is 1. The minimum absolute atomic E-state index is 0.532. The summed E-state index contributed by atoms with van der Waals surface area (Å²) in [6, 6.07) is 1.96. The average molecular weight is 214 g/mol. The smallest absolute Gasteiger partial charge is 0.362 e. The Hall–Kier alpha value is -2.30. The summed E-state index contributed by atoms with van der Waals surface area (Å²) in [5, 5.41) is 18.8. The van der Waals surface area contributed by atoms with E-state index in [2.05, 4.69) is 4.98 Å². The number of nitrogens with zero attached hydrogens (tertiary/aromatic N) is 3. The predicted octanol–water partition coefficient (Wildman–Crippen LogP) is 1.38. The first-order chi connectivity index (χ1) is 6.97. The predicted molar refractivity (Wildman–Crippen MR) is 45.0 cm³/mol. The van der Waals surface area contributed by atoms with Gasteiger partial charge in [-0.25, -0.2) is 8.78 Å². The molecule has 1 heterocycles. The first-order valence-electron chi connectivity index (χ1n) is 3.60. The van der Waals surface area contributed by atoms with Gasteiger partial charge in [-0.15, -0.1) is 0 Å². The van der Waals surface area contributed by atoms with Gasteiger partial charge in [0.15, 0.2) is 0 Å². The maximum atomic E-state index is 12.4. The Morgan fingerprint density at radius 1 is 1.67 bits per heavy atom. The Kier molecular flexibility index (Phi) is 2.75. The van der Waals surface area contributed by atoms with Gasteiger partial charge in [0, 0.05) is 6.07 Å². The summed E-state index contributed by atoms with van der Waals surface area (Å²) in [5.74, 6) is -1.37. The van der Waals surface area contributed by atoms with E-state index in [1.54, 1.807) is 0 Å². The molecule has 15 heavy (non-hydrogen) atoms. The van der Waals surface area contributed by atoms with Crippen molar-refractivity contribution in [3.05, 3.63) is 27.3 Å². The van der Waals surface area contributed by atoms with Crippen molar-refractivity contribution in [2.24, 2.45) is 0 Å². The van der Waals surface area contributed by atoms with Crippen LogP contribution in [0.4, 0.5) is 20.4 Å². The fourth-order valence-corrected chi connectivity index (χ4v) is 0.958. The largest absolute Gasteiger partial charge is 0.366 e. The van der Waals surface area contributed by atoms with Crippen molar-refractivity contribution in [3.8, 4) is 6.07 Å². The topological polar surface area (TPSA) is 106 Å². The molecule has 0 saturated carbocycles. The third kappa shape index (κ3) is 1.96. The van der Waals surface area contributed by atoms with Crippen molar-refractivity contribution in [1.29, 1.82) is 5.26 Å². The molecule has 6 nitrogen and oxygen atoms in total. The van der Waals surface area contributed by atoms with Crippen LogP contribution in [0.2, 0.25) is 0 Å². The van der Waals surface area contributed by atoms with Crippen LogP contribution in [0.1, 0.15) is 17.6 Å². The van der Waals surface area contributed by atoms with E-state index in [1.807, 2.05) is 0 Å². The number of alkyl halides is 2. The van der Waals surface area contributed by atoms with E-state index >= 15 is 0 Å². The zero-order valence-electron chi connectivity index (χ0n) is 7.15. The molecule has 0 bridgehead atoms. The summed E-state index contributed by atoms with van der Waals surface area (Å²) in [6.45, 7) is 0. The van der Waals surface area contributed by atoms with E-state index < -0.39 is 34.1 Å². The van der Waals surface area contributed by atoms with Crippen LogP contribution in [-0.2, 0) is 0 Å². The van der Waals surface area contributed by atoms with Crippen molar-refractivity contribution < 1.29 is 13.7 Å². The quantitative estimate of drug-likeness (QED) is 0.591. The van der Waals surface area contributed by atoms with Crippen molar-refractivity contribution in [2.75, 3.05) is 5.73 Å². The van der Waals surface area contributed by atoms with Gasteiger partial charge in [0.2, 0.25) is 0 Å². The van der Waals surface area contributed by atoms with Gasteiger partial charge in [-0.05, 0) is 9.91 Å².